The second-order valence-corrected chi connectivity index (χ2v) is 5.78. The first-order valence-electron chi connectivity index (χ1n) is 6.98. The van der Waals surface area contributed by atoms with Crippen LogP contribution in [0.1, 0.15) is 31.3 Å². The highest BCUT2D eigenvalue weighted by Gasteiger charge is 2.13. The van der Waals surface area contributed by atoms with Gasteiger partial charge in [0.2, 0.25) is 0 Å². The minimum Gasteiger partial charge on any atom is -0.393 e. The molecule has 9 nitrogen and oxygen atoms in total. The molecule has 0 saturated heterocycles. The van der Waals surface area contributed by atoms with E-state index in [1.165, 1.54) is 12.5 Å². The fourth-order valence-corrected chi connectivity index (χ4v) is 1.52. The number of aromatic nitrogens is 3. The monoisotopic (exact) mass is 316 g/mol. The molecule has 122 valence electrons. The van der Waals surface area contributed by atoms with Crippen molar-refractivity contribution in [3.05, 3.63) is 36.4 Å². The third-order valence-corrected chi connectivity index (χ3v) is 2.63. The molecule has 0 saturated carbocycles. The van der Waals surface area contributed by atoms with Crippen molar-refractivity contribution < 1.29 is 4.79 Å². The summed E-state index contributed by atoms with van der Waals surface area (Å²) in [5.74, 6) is 0.290. The number of rotatable bonds is 5. The summed E-state index contributed by atoms with van der Waals surface area (Å²) in [7, 11) is 0. The SMILES string of the molecule is CC(C)(C)NNc1ncnc(NNC(=O)c2ccccn2)c1N. The Labute approximate surface area is 134 Å². The van der Waals surface area contributed by atoms with Crippen molar-refractivity contribution in [3.8, 4) is 0 Å². The van der Waals surface area contributed by atoms with Gasteiger partial charge < -0.3 is 11.2 Å². The molecule has 0 aliphatic carbocycles. The maximum atomic E-state index is 11.9. The molecule has 2 aromatic rings. The molecular formula is C14H20N8O. The van der Waals surface area contributed by atoms with Crippen LogP contribution in [-0.4, -0.2) is 26.4 Å². The van der Waals surface area contributed by atoms with E-state index in [0.717, 1.165) is 0 Å². The molecule has 0 aliphatic rings. The lowest BCUT2D eigenvalue weighted by atomic mass is 10.1. The van der Waals surface area contributed by atoms with Gasteiger partial charge in [0.25, 0.3) is 5.91 Å². The molecule has 6 N–H and O–H groups in total. The van der Waals surface area contributed by atoms with Crippen LogP contribution >= 0.6 is 0 Å². The molecule has 0 aliphatic heterocycles. The number of nitrogens with one attached hydrogen (secondary N) is 4. The summed E-state index contributed by atoms with van der Waals surface area (Å²) in [5.41, 5.74) is 17.5. The molecule has 2 aromatic heterocycles. The van der Waals surface area contributed by atoms with Crippen LogP contribution in [0.3, 0.4) is 0 Å². The Bertz CT molecular complexity index is 668. The first-order valence-corrected chi connectivity index (χ1v) is 6.98. The summed E-state index contributed by atoms with van der Waals surface area (Å²) < 4.78 is 0. The fraction of sp³-hybridized carbons (Fsp3) is 0.286. The van der Waals surface area contributed by atoms with Crippen LogP contribution < -0.4 is 27.4 Å². The Morgan fingerprint density at radius 3 is 2.39 bits per heavy atom. The highest BCUT2D eigenvalue weighted by molar-refractivity contribution is 5.93. The van der Waals surface area contributed by atoms with Crippen molar-refractivity contribution in [2.45, 2.75) is 26.3 Å². The van der Waals surface area contributed by atoms with E-state index in [9.17, 15) is 4.79 Å². The molecule has 0 spiro atoms. The van der Waals surface area contributed by atoms with Crippen LogP contribution in [0, 0.1) is 0 Å². The molecule has 23 heavy (non-hydrogen) atoms. The van der Waals surface area contributed by atoms with Gasteiger partial charge in [0.15, 0.2) is 11.6 Å². The molecular weight excluding hydrogens is 296 g/mol. The summed E-state index contributed by atoms with van der Waals surface area (Å²) in [6.45, 7) is 5.97. The zero-order valence-corrected chi connectivity index (χ0v) is 13.2. The summed E-state index contributed by atoms with van der Waals surface area (Å²) >= 11 is 0. The predicted molar refractivity (Wildman–Crippen MR) is 88.3 cm³/mol. The van der Waals surface area contributed by atoms with Gasteiger partial charge in [0.05, 0.1) is 0 Å². The predicted octanol–water partition coefficient (Wildman–Crippen LogP) is 0.926. The van der Waals surface area contributed by atoms with E-state index < -0.39 is 5.91 Å². The van der Waals surface area contributed by atoms with E-state index in [-0.39, 0.29) is 22.7 Å². The highest BCUT2D eigenvalue weighted by atomic mass is 16.2. The van der Waals surface area contributed by atoms with E-state index in [2.05, 4.69) is 36.7 Å². The number of hydrogen-bond donors (Lipinski definition) is 5. The number of pyridine rings is 1. The lowest BCUT2D eigenvalue weighted by Crippen LogP contribution is -2.40. The van der Waals surface area contributed by atoms with Crippen LogP contribution in [0.5, 0.6) is 0 Å². The van der Waals surface area contributed by atoms with E-state index in [0.29, 0.717) is 5.82 Å². The van der Waals surface area contributed by atoms with Gasteiger partial charge >= 0.3 is 0 Å². The van der Waals surface area contributed by atoms with E-state index >= 15 is 0 Å². The number of carbonyl (C=O) groups excluding carboxylic acids is 1. The van der Waals surface area contributed by atoms with Gasteiger partial charge in [0, 0.05) is 11.7 Å². The fourth-order valence-electron chi connectivity index (χ4n) is 1.52. The molecule has 0 unspecified atom stereocenters. The Morgan fingerprint density at radius 2 is 1.78 bits per heavy atom. The average Bonchev–Trinajstić information content (AvgIpc) is 2.52. The molecule has 0 aromatic carbocycles. The second kappa shape index (κ2) is 6.88. The number of anilines is 3. The highest BCUT2D eigenvalue weighted by Crippen LogP contribution is 2.21. The largest absolute Gasteiger partial charge is 0.393 e. The lowest BCUT2D eigenvalue weighted by Gasteiger charge is -2.22. The molecule has 9 heteroatoms. The molecule has 2 heterocycles. The standard InChI is InChI=1S/C14H20N8O/c1-14(2,3)22-20-12-10(15)11(17-8-18-12)19-21-13(23)9-6-4-5-7-16-9/h4-8,22H,15H2,1-3H3,(H,21,23)(H2,17,18,19,20). The van der Waals surface area contributed by atoms with Crippen molar-refractivity contribution >= 4 is 23.2 Å². The normalized spacial score (nSPS) is 10.9. The van der Waals surface area contributed by atoms with Gasteiger partial charge in [-0.05, 0) is 32.9 Å². The number of hydrogen-bond acceptors (Lipinski definition) is 8. The van der Waals surface area contributed by atoms with Crippen molar-refractivity contribution in [2.75, 3.05) is 16.6 Å². The van der Waals surface area contributed by atoms with E-state index in [1.807, 2.05) is 20.8 Å². The summed E-state index contributed by atoms with van der Waals surface area (Å²) in [5, 5.41) is 0. The van der Waals surface area contributed by atoms with Gasteiger partial charge in [0.1, 0.15) is 17.7 Å². The smallest absolute Gasteiger partial charge is 0.288 e. The van der Waals surface area contributed by atoms with Crippen LogP contribution in [-0.2, 0) is 0 Å². The maximum Gasteiger partial charge on any atom is 0.288 e. The number of amides is 1. The number of nitrogen functional groups attached to an aromatic ring is 1. The number of carbonyl (C=O) groups is 1. The maximum absolute atomic E-state index is 11.9. The number of nitrogens with zero attached hydrogens (tertiary/aromatic N) is 3. The third-order valence-electron chi connectivity index (χ3n) is 2.63. The molecule has 0 radical (unpaired) electrons. The van der Waals surface area contributed by atoms with E-state index in [1.54, 1.807) is 18.2 Å². The lowest BCUT2D eigenvalue weighted by molar-refractivity contribution is 0.0957. The third kappa shape index (κ3) is 4.78. The Morgan fingerprint density at radius 1 is 1.09 bits per heavy atom. The molecule has 0 bridgehead atoms. The van der Waals surface area contributed by atoms with Gasteiger partial charge in [-0.2, -0.15) is 0 Å². The van der Waals surface area contributed by atoms with Gasteiger partial charge in [-0.25, -0.2) is 15.4 Å². The zero-order valence-electron chi connectivity index (χ0n) is 13.2. The summed E-state index contributed by atoms with van der Waals surface area (Å²) in [4.78, 5) is 23.9. The Balaban J connectivity index is 2.02. The number of nitrogens with two attached hydrogens (primary N) is 1. The van der Waals surface area contributed by atoms with Crippen molar-refractivity contribution in [1.82, 2.24) is 25.8 Å². The van der Waals surface area contributed by atoms with Crippen molar-refractivity contribution in [2.24, 2.45) is 0 Å². The van der Waals surface area contributed by atoms with E-state index in [4.69, 9.17) is 5.73 Å². The van der Waals surface area contributed by atoms with Gasteiger partial charge in [-0.1, -0.05) is 6.07 Å². The molecule has 0 atom stereocenters. The molecule has 2 rings (SSSR count). The number of hydrazine groups is 2. The van der Waals surface area contributed by atoms with Crippen LogP contribution in [0.4, 0.5) is 17.3 Å². The summed E-state index contributed by atoms with van der Waals surface area (Å²) in [6.07, 6.45) is 2.87. The van der Waals surface area contributed by atoms with Gasteiger partial charge in [-0.15, -0.1) is 0 Å². The average molecular weight is 316 g/mol. The Kier molecular flexibility index (Phi) is 4.91. The quantitative estimate of drug-likeness (QED) is 0.515. The first kappa shape index (κ1) is 16.4. The minimum absolute atomic E-state index is 0.168. The van der Waals surface area contributed by atoms with Crippen LogP contribution in [0.15, 0.2) is 30.7 Å². The van der Waals surface area contributed by atoms with Crippen LogP contribution in [0.25, 0.3) is 0 Å². The zero-order chi connectivity index (χ0) is 16.9. The van der Waals surface area contributed by atoms with Crippen molar-refractivity contribution in [1.29, 1.82) is 0 Å². The molecule has 0 fully saturated rings. The Hall–Kier alpha value is -2.94. The van der Waals surface area contributed by atoms with Crippen molar-refractivity contribution in [3.63, 3.8) is 0 Å². The van der Waals surface area contributed by atoms with Gasteiger partial charge in [-0.3, -0.25) is 20.6 Å². The first-order chi connectivity index (χ1) is 10.9. The second-order valence-electron chi connectivity index (χ2n) is 5.78. The minimum atomic E-state index is -0.397. The summed E-state index contributed by atoms with van der Waals surface area (Å²) in [6, 6.07) is 5.05. The van der Waals surface area contributed by atoms with Crippen LogP contribution in [0.2, 0.25) is 0 Å². The molecule has 1 amide bonds. The topological polar surface area (TPSA) is 130 Å².